The number of H-pyrrole nitrogens is 2. The van der Waals surface area contributed by atoms with Gasteiger partial charge in [-0.1, -0.05) is 163 Å². The third kappa shape index (κ3) is 29.1. The van der Waals surface area contributed by atoms with Crippen LogP contribution in [0.5, 0.6) is 34.5 Å². The number of carbonyl (C=O) groups excluding carboxylic acids is 2. The van der Waals surface area contributed by atoms with Crippen LogP contribution in [-0.4, -0.2) is 79.0 Å². The number of aromatic amines is 2. The number of likely N-dealkylation sites (tertiary alicyclic amines) is 1. The van der Waals surface area contributed by atoms with Crippen LogP contribution in [0, 0.1) is 92.7 Å². The maximum Gasteiger partial charge on any atom is 0.379 e. The van der Waals surface area contributed by atoms with Crippen molar-refractivity contribution in [1.29, 1.82) is 0 Å². The van der Waals surface area contributed by atoms with Crippen LogP contribution in [0.4, 0.5) is 21.5 Å². The average molecular weight is 1580 g/mol. The lowest BCUT2D eigenvalue weighted by molar-refractivity contribution is -0.385. The molecule has 21 nitrogen and oxygen atoms in total. The number of methoxy groups -OCH3 is 1. The fourth-order valence-corrected chi connectivity index (χ4v) is 11.1. The molecule has 12 aromatic rings. The number of halogens is 2. The second kappa shape index (κ2) is 48.7. The summed E-state index contributed by atoms with van der Waals surface area (Å²) in [7, 11) is 0.188. The fourth-order valence-electron chi connectivity index (χ4n) is 11.1. The van der Waals surface area contributed by atoms with Gasteiger partial charge in [-0.2, -0.15) is 0 Å². The number of nitro groups is 3. The first-order valence-electron chi connectivity index (χ1n) is 35.5. The van der Waals surface area contributed by atoms with Crippen LogP contribution in [0.3, 0.4) is 0 Å². The lowest BCUT2D eigenvalue weighted by Gasteiger charge is -2.12. The zero-order valence-electron chi connectivity index (χ0n) is 64.1. The molecule has 4 N–H and O–H groups in total. The normalized spacial score (nSPS) is 10.7. The number of phenols is 2. The molecule has 606 valence electrons. The van der Waals surface area contributed by atoms with Gasteiger partial charge in [-0.15, -0.1) is 12.4 Å². The Morgan fingerprint density at radius 1 is 0.482 bits per heavy atom. The summed E-state index contributed by atoms with van der Waals surface area (Å²) >= 11 is 0. The molecule has 0 bridgehead atoms. The molecule has 1 fully saturated rings. The number of esters is 1. The Morgan fingerprint density at radius 2 is 0.877 bits per heavy atom. The number of carbonyl (C=O) groups is 2. The monoisotopic (exact) mass is 1580 g/mol. The van der Waals surface area contributed by atoms with Crippen molar-refractivity contribution < 1.29 is 64.0 Å². The van der Waals surface area contributed by atoms with Gasteiger partial charge in [0.1, 0.15) is 60.9 Å². The molecule has 0 unspecified atom stereocenters. The first kappa shape index (κ1) is 95.4. The number of hydrogen-bond donors (Lipinski definition) is 4. The molecule has 0 aliphatic carbocycles. The first-order valence-corrected chi connectivity index (χ1v) is 34.8. The van der Waals surface area contributed by atoms with Gasteiger partial charge in [-0.25, -0.2) is 4.79 Å². The molecule has 10 aromatic carbocycles. The van der Waals surface area contributed by atoms with E-state index in [1.807, 2.05) is 180 Å². The van der Waals surface area contributed by atoms with E-state index in [2.05, 4.69) is 56.9 Å². The second-order valence-electron chi connectivity index (χ2n) is 25.6. The molecule has 1 saturated heterocycles. The minimum absolute atomic E-state index is 0. The summed E-state index contributed by atoms with van der Waals surface area (Å²) in [5.41, 5.74) is 14.7. The van der Waals surface area contributed by atoms with E-state index in [4.69, 9.17) is 25.4 Å². The molecule has 0 saturated carbocycles. The predicted octanol–water partition coefficient (Wildman–Crippen LogP) is 23.3. The molecular formula is C91H108ClFN6O15. The molecule has 0 atom stereocenters. The number of hydrogen-bond acceptors (Lipinski definition) is 16. The molecule has 3 heterocycles. The van der Waals surface area contributed by atoms with Gasteiger partial charge >= 0.3 is 5.97 Å². The number of ether oxygens (including phenoxy) is 5. The average Bonchev–Trinajstić information content (AvgIpc) is 1.66. The van der Waals surface area contributed by atoms with E-state index in [0.717, 1.165) is 79.9 Å². The fraction of sp³-hybridized carbons (Fsp3) is 0.253. The Balaban J connectivity index is 0.000000472. The van der Waals surface area contributed by atoms with Crippen molar-refractivity contribution in [2.45, 2.75) is 131 Å². The number of phenolic OH excluding ortho intramolecular Hbond substituents is 2. The van der Waals surface area contributed by atoms with Gasteiger partial charge in [-0.05, 0) is 203 Å². The smallest absolute Gasteiger partial charge is 0.379 e. The van der Waals surface area contributed by atoms with E-state index in [1.54, 1.807) is 57.2 Å². The van der Waals surface area contributed by atoms with Crippen molar-refractivity contribution in [1.82, 2.24) is 14.9 Å². The Hall–Kier alpha value is -12.8. The lowest BCUT2D eigenvalue weighted by Crippen LogP contribution is -2.15. The topological polar surface area (TPSA) is 285 Å². The number of benzene rings is 10. The molecule has 13 rings (SSSR count). The molecule has 0 spiro atoms. The summed E-state index contributed by atoms with van der Waals surface area (Å²) < 4.78 is 43.4. The lowest BCUT2D eigenvalue weighted by atomic mass is 10.1. The molecule has 0 amide bonds. The van der Waals surface area contributed by atoms with Crippen LogP contribution < -0.4 is 18.9 Å². The number of rotatable bonds is 19. The molecule has 1 aliphatic rings. The zero-order valence-corrected chi connectivity index (χ0v) is 63.9. The summed E-state index contributed by atoms with van der Waals surface area (Å²) in [5.74, 6) is 1.90. The van der Waals surface area contributed by atoms with E-state index in [9.17, 15) is 49.4 Å². The number of aromatic hydroxyl groups is 2. The van der Waals surface area contributed by atoms with Crippen molar-refractivity contribution in [2.24, 2.45) is 0 Å². The Bertz CT molecular complexity index is 5080. The SMILES string of the molecule is C.C.C.C.COC(=O)C(=O)c1c[nH]c2cc(C)c(OCc3ccccc3)cc12.Cc1cc([N+](=O)[O-])c(/C=C/N2CCCC2)cc1OCc1ccccc1.Cc1cc([N+](=O)[O-])c(C)cc1O.Cc1cc([N+](=O)[O-])c(C)cc1OCc1ccccc1.Cc1cc2[nH]ccc2cc1OCc1ccccc1.Cc1ccc(C)c(O)c1.Cl.[2H]CF. The summed E-state index contributed by atoms with van der Waals surface area (Å²) in [6, 6.07) is 64.7. The van der Waals surface area contributed by atoms with Gasteiger partial charge in [0.15, 0.2) is 0 Å². The van der Waals surface area contributed by atoms with Crippen LogP contribution in [0.15, 0.2) is 225 Å². The highest BCUT2D eigenvalue weighted by molar-refractivity contribution is 6.43. The van der Waals surface area contributed by atoms with Gasteiger partial charge in [0, 0.05) is 76.6 Å². The van der Waals surface area contributed by atoms with E-state index in [0.29, 0.717) is 77.1 Å². The third-order valence-corrected chi connectivity index (χ3v) is 17.3. The number of nitrogens with zero attached hydrogens (tertiary/aromatic N) is 4. The van der Waals surface area contributed by atoms with Crippen molar-refractivity contribution in [3.05, 3.63) is 339 Å². The number of Topliss-reactive ketones (excluding diaryl/α,β-unsaturated/α-hetero) is 1. The second-order valence-corrected chi connectivity index (χ2v) is 25.6. The van der Waals surface area contributed by atoms with Crippen LogP contribution in [0.2, 0.25) is 0 Å². The zero-order chi connectivity index (χ0) is 79.8. The quantitative estimate of drug-likeness (QED) is 0.0192. The third-order valence-electron chi connectivity index (χ3n) is 17.3. The maximum absolute atomic E-state index is 12.1. The van der Waals surface area contributed by atoms with Crippen LogP contribution in [0.1, 0.15) is 132 Å². The van der Waals surface area contributed by atoms with Crippen molar-refractivity contribution in [2.75, 3.05) is 27.4 Å². The molecule has 23 heteroatoms. The number of ketones is 1. The minimum Gasteiger partial charge on any atom is -0.508 e. The van der Waals surface area contributed by atoms with E-state index in [-0.39, 0.29) is 80.3 Å². The largest absolute Gasteiger partial charge is 0.508 e. The Kier molecular flexibility index (Phi) is 40.8. The van der Waals surface area contributed by atoms with Crippen LogP contribution in [-0.2, 0) is 36.0 Å². The number of aryl methyl sites for hydroxylation is 9. The molecule has 114 heavy (non-hydrogen) atoms. The highest BCUT2D eigenvalue weighted by atomic mass is 35.5. The van der Waals surface area contributed by atoms with E-state index >= 15 is 0 Å². The summed E-state index contributed by atoms with van der Waals surface area (Å²) in [6.45, 7) is 20.4. The molecule has 2 aromatic heterocycles. The maximum atomic E-state index is 12.1. The van der Waals surface area contributed by atoms with Gasteiger partial charge < -0.3 is 48.8 Å². The van der Waals surface area contributed by atoms with Gasteiger partial charge in [-0.3, -0.25) is 39.5 Å². The highest BCUT2D eigenvalue weighted by Crippen LogP contribution is 2.34. The van der Waals surface area contributed by atoms with Crippen LogP contribution in [0.25, 0.3) is 27.9 Å². The van der Waals surface area contributed by atoms with Crippen molar-refractivity contribution in [3.8, 4) is 34.5 Å². The number of alkyl halides is 1. The molecular weight excluding hydrogens is 1470 g/mol. The van der Waals surface area contributed by atoms with Gasteiger partial charge in [0.25, 0.3) is 22.8 Å². The summed E-state index contributed by atoms with van der Waals surface area (Å²) in [6.07, 6.45) is 9.58. The van der Waals surface area contributed by atoms with Gasteiger partial charge in [0.2, 0.25) is 0 Å². The van der Waals surface area contributed by atoms with E-state index < -0.39 is 23.8 Å². The molecule has 0 radical (unpaired) electrons. The predicted molar refractivity (Wildman–Crippen MR) is 459 cm³/mol. The summed E-state index contributed by atoms with van der Waals surface area (Å²) in [5, 5.41) is 52.7. The van der Waals surface area contributed by atoms with Gasteiger partial charge in [0.05, 0.1) is 41.5 Å². The first-order chi connectivity index (χ1) is 52.8. The van der Waals surface area contributed by atoms with Crippen molar-refractivity contribution >= 4 is 69.1 Å². The van der Waals surface area contributed by atoms with Crippen LogP contribution >= 0.6 is 12.4 Å². The number of nitrogens with one attached hydrogen (secondary N) is 2. The Morgan fingerprint density at radius 3 is 1.32 bits per heavy atom. The number of nitro benzene ring substituents is 3. The minimum atomic E-state index is -1.00. The standard InChI is InChI=1S/C20H22N2O3.C19H17NO4.C16H15NO.C15H15NO3.C8H9NO3.C8H10O.CH3F.4CH4.ClH/c1-16-13-19(22(23)24)18(9-12-21-10-5-6-11-21)14-20(16)25-15-17-7-3-2-4-8-17;1-12-8-16-14(15(10-20-16)18(21)19(22)23-2)9-17(12)24-11-13-6-4-3-5-7-13;1-12-9-15-14(7-8-17-15)10-16(12)18-11-13-5-3-2-4-6-13;1-11-9-15(12(2)8-14(11)16(17)18)19-10-13-6-4-3-5-7-13;1-5-4-8(10)6(2)3-7(5)9(11)12;1-6-3-4-7(2)8(9)5-6;1-2;;;;;/h2-4,7-9,12-14H,5-6,10-11,15H2,1H3;3-10,20H,11H2,1-2H3;2-10,17H,11H2,1H3;3-9H,10H2,1-2H3;3-4,10H,1-2H3;3-5,9H,1-2H3;1H3;4*1H4;1H/b12-9+;;;;;;;;;;;/i;;;;;;1D;;;;;. The Labute approximate surface area is 676 Å². The molecule has 1 aliphatic heterocycles. The van der Waals surface area contributed by atoms with E-state index in [1.165, 1.54) is 49.2 Å². The van der Waals surface area contributed by atoms with Crippen molar-refractivity contribution in [3.63, 3.8) is 0 Å². The highest BCUT2D eigenvalue weighted by Gasteiger charge is 2.23. The summed E-state index contributed by atoms with van der Waals surface area (Å²) in [4.78, 5) is 63.4. The number of fused-ring (bicyclic) bond motifs is 2. The number of aromatic nitrogens is 2.